The Morgan fingerprint density at radius 2 is 2.11 bits per heavy atom. The van der Waals surface area contributed by atoms with Gasteiger partial charge >= 0.3 is 0 Å². The lowest BCUT2D eigenvalue weighted by Crippen LogP contribution is -2.02. The van der Waals surface area contributed by atoms with Gasteiger partial charge in [-0.1, -0.05) is 34.9 Å². The molecule has 1 unspecified atom stereocenters. The van der Waals surface area contributed by atoms with Crippen LogP contribution in [0.25, 0.3) is 0 Å². The van der Waals surface area contributed by atoms with E-state index in [1.807, 2.05) is 0 Å². The summed E-state index contributed by atoms with van der Waals surface area (Å²) in [6.07, 6.45) is 14.8. The first-order chi connectivity index (χ1) is 9.11. The zero-order valence-corrected chi connectivity index (χ0v) is 12.7. The number of rotatable bonds is 6. The summed E-state index contributed by atoms with van der Waals surface area (Å²) in [7, 11) is 0. The van der Waals surface area contributed by atoms with Gasteiger partial charge in [-0.2, -0.15) is 5.26 Å². The third-order valence-corrected chi connectivity index (χ3v) is 3.74. The molecule has 1 atom stereocenters. The van der Waals surface area contributed by atoms with Gasteiger partial charge in [-0.25, -0.2) is 0 Å². The van der Waals surface area contributed by atoms with Crippen molar-refractivity contribution in [3.63, 3.8) is 0 Å². The molecule has 0 bridgehead atoms. The predicted octanol–water partition coefficient (Wildman–Crippen LogP) is 5.71. The standard InChI is InChI=1S/C18H27N/c1-15(2)6-4-7-16(3)8-5-9-17-10-12-18(14-19)13-11-17/h6,8,10,18H,4-5,7,9,11-13H2,1-3H3/b16-8+. The van der Waals surface area contributed by atoms with Crippen molar-refractivity contribution in [2.45, 2.75) is 65.7 Å². The Morgan fingerprint density at radius 3 is 2.68 bits per heavy atom. The van der Waals surface area contributed by atoms with Crippen molar-refractivity contribution < 1.29 is 0 Å². The second kappa shape index (κ2) is 8.75. The summed E-state index contributed by atoms with van der Waals surface area (Å²) in [5.74, 6) is 0.269. The highest BCUT2D eigenvalue weighted by Crippen LogP contribution is 2.26. The van der Waals surface area contributed by atoms with Crippen LogP contribution >= 0.6 is 0 Å². The van der Waals surface area contributed by atoms with Crippen molar-refractivity contribution in [2.75, 3.05) is 0 Å². The molecule has 104 valence electrons. The van der Waals surface area contributed by atoms with Crippen molar-refractivity contribution in [1.82, 2.24) is 0 Å². The largest absolute Gasteiger partial charge is 0.198 e. The predicted molar refractivity (Wildman–Crippen MR) is 82.7 cm³/mol. The fraction of sp³-hybridized carbons (Fsp3) is 0.611. The van der Waals surface area contributed by atoms with Crippen LogP contribution in [0.5, 0.6) is 0 Å². The van der Waals surface area contributed by atoms with E-state index in [0.29, 0.717) is 0 Å². The van der Waals surface area contributed by atoms with Crippen molar-refractivity contribution in [3.05, 3.63) is 34.9 Å². The van der Waals surface area contributed by atoms with Gasteiger partial charge < -0.3 is 0 Å². The Labute approximate surface area is 118 Å². The summed E-state index contributed by atoms with van der Waals surface area (Å²) in [6.45, 7) is 6.55. The van der Waals surface area contributed by atoms with Crippen molar-refractivity contribution in [2.24, 2.45) is 5.92 Å². The third kappa shape index (κ3) is 7.01. The smallest absolute Gasteiger partial charge is 0.0659 e. The van der Waals surface area contributed by atoms with E-state index in [2.05, 4.69) is 45.1 Å². The first kappa shape index (κ1) is 15.8. The molecule has 0 aliphatic heterocycles. The molecule has 1 aliphatic rings. The molecular formula is C18H27N. The number of hydrogen-bond acceptors (Lipinski definition) is 1. The molecule has 0 fully saturated rings. The SMILES string of the molecule is CC(C)=CCC/C(C)=C/CCC1=CCC(C#N)CC1. The average molecular weight is 257 g/mol. The molecule has 1 aliphatic carbocycles. The van der Waals surface area contributed by atoms with E-state index in [1.165, 1.54) is 24.0 Å². The quantitative estimate of drug-likeness (QED) is 0.559. The number of hydrogen-bond donors (Lipinski definition) is 0. The number of nitriles is 1. The summed E-state index contributed by atoms with van der Waals surface area (Å²) >= 11 is 0. The van der Waals surface area contributed by atoms with E-state index < -0.39 is 0 Å². The Hall–Kier alpha value is -1.29. The minimum absolute atomic E-state index is 0.269. The van der Waals surface area contributed by atoms with Gasteiger partial charge in [-0.3, -0.25) is 0 Å². The van der Waals surface area contributed by atoms with Crippen LogP contribution in [-0.4, -0.2) is 0 Å². The molecule has 1 rings (SSSR count). The minimum Gasteiger partial charge on any atom is -0.198 e. The molecule has 1 heteroatoms. The van der Waals surface area contributed by atoms with Gasteiger partial charge in [0.05, 0.1) is 12.0 Å². The van der Waals surface area contributed by atoms with E-state index in [9.17, 15) is 0 Å². The van der Waals surface area contributed by atoms with E-state index in [-0.39, 0.29) is 5.92 Å². The Bertz CT molecular complexity index is 400. The fourth-order valence-corrected chi connectivity index (χ4v) is 2.43. The summed E-state index contributed by atoms with van der Waals surface area (Å²) in [5, 5.41) is 8.85. The average Bonchev–Trinajstić information content (AvgIpc) is 2.39. The van der Waals surface area contributed by atoms with Crippen LogP contribution in [0.4, 0.5) is 0 Å². The second-order valence-electron chi connectivity index (χ2n) is 5.87. The van der Waals surface area contributed by atoms with E-state index in [0.717, 1.165) is 32.1 Å². The van der Waals surface area contributed by atoms with Crippen LogP contribution in [0.2, 0.25) is 0 Å². The topological polar surface area (TPSA) is 23.8 Å². The van der Waals surface area contributed by atoms with Crippen LogP contribution in [0, 0.1) is 17.2 Å². The lowest BCUT2D eigenvalue weighted by atomic mass is 9.88. The van der Waals surface area contributed by atoms with E-state index >= 15 is 0 Å². The molecule has 1 nitrogen and oxygen atoms in total. The van der Waals surface area contributed by atoms with Crippen LogP contribution in [0.1, 0.15) is 65.7 Å². The Balaban J connectivity index is 2.24. The lowest BCUT2D eigenvalue weighted by molar-refractivity contribution is 0.567. The van der Waals surface area contributed by atoms with Gasteiger partial charge in [0.15, 0.2) is 0 Å². The Kier molecular flexibility index (Phi) is 7.26. The van der Waals surface area contributed by atoms with Crippen LogP contribution in [0.3, 0.4) is 0 Å². The monoisotopic (exact) mass is 257 g/mol. The summed E-state index contributed by atoms with van der Waals surface area (Å²) in [4.78, 5) is 0. The molecule has 0 heterocycles. The molecule has 0 spiro atoms. The van der Waals surface area contributed by atoms with Crippen LogP contribution < -0.4 is 0 Å². The van der Waals surface area contributed by atoms with Gasteiger partial charge in [-0.15, -0.1) is 0 Å². The second-order valence-corrected chi connectivity index (χ2v) is 5.87. The molecule has 0 saturated carbocycles. The molecule has 0 aromatic rings. The van der Waals surface area contributed by atoms with Crippen molar-refractivity contribution >= 4 is 0 Å². The van der Waals surface area contributed by atoms with Gasteiger partial charge in [0.1, 0.15) is 0 Å². The van der Waals surface area contributed by atoms with Gasteiger partial charge in [-0.05, 0) is 65.7 Å². The molecule has 0 amide bonds. The first-order valence-corrected chi connectivity index (χ1v) is 7.48. The maximum absolute atomic E-state index is 8.85. The molecule has 0 radical (unpaired) electrons. The highest BCUT2D eigenvalue weighted by atomic mass is 14.3. The molecule has 0 saturated heterocycles. The van der Waals surface area contributed by atoms with Crippen LogP contribution in [-0.2, 0) is 0 Å². The van der Waals surface area contributed by atoms with E-state index in [1.54, 1.807) is 5.57 Å². The van der Waals surface area contributed by atoms with Gasteiger partial charge in [0.2, 0.25) is 0 Å². The van der Waals surface area contributed by atoms with Gasteiger partial charge in [0, 0.05) is 0 Å². The van der Waals surface area contributed by atoms with Crippen molar-refractivity contribution in [1.29, 1.82) is 5.26 Å². The zero-order chi connectivity index (χ0) is 14.1. The maximum Gasteiger partial charge on any atom is 0.0659 e. The van der Waals surface area contributed by atoms with Gasteiger partial charge in [0.25, 0.3) is 0 Å². The molecule has 0 aromatic heterocycles. The summed E-state index contributed by atoms with van der Waals surface area (Å²) < 4.78 is 0. The maximum atomic E-state index is 8.85. The summed E-state index contributed by atoms with van der Waals surface area (Å²) in [6, 6.07) is 2.37. The van der Waals surface area contributed by atoms with E-state index in [4.69, 9.17) is 5.26 Å². The normalized spacial score (nSPS) is 19.6. The van der Waals surface area contributed by atoms with Crippen LogP contribution in [0.15, 0.2) is 34.9 Å². The number of allylic oxidation sites excluding steroid dienone is 6. The highest BCUT2D eigenvalue weighted by Gasteiger charge is 2.12. The third-order valence-electron chi connectivity index (χ3n) is 3.74. The number of nitrogens with zero attached hydrogens (tertiary/aromatic N) is 1. The molecule has 0 N–H and O–H groups in total. The summed E-state index contributed by atoms with van der Waals surface area (Å²) in [5.41, 5.74) is 4.47. The van der Waals surface area contributed by atoms with Crippen molar-refractivity contribution in [3.8, 4) is 6.07 Å². The molecule has 0 aromatic carbocycles. The zero-order valence-electron chi connectivity index (χ0n) is 12.7. The fourth-order valence-electron chi connectivity index (χ4n) is 2.43. The highest BCUT2D eigenvalue weighted by molar-refractivity contribution is 5.11. The molecule has 19 heavy (non-hydrogen) atoms. The minimum atomic E-state index is 0.269. The first-order valence-electron chi connectivity index (χ1n) is 7.48. The Morgan fingerprint density at radius 1 is 1.32 bits per heavy atom. The lowest BCUT2D eigenvalue weighted by Gasteiger charge is -2.15. The molecular weight excluding hydrogens is 230 g/mol.